The smallest absolute Gasteiger partial charge is 0.243 e. The first-order valence-corrected chi connectivity index (χ1v) is 9.43. The number of nitrogens with one attached hydrogen (secondary N) is 2. The van der Waals surface area contributed by atoms with Crippen LogP contribution in [0.25, 0.3) is 0 Å². The number of carbonyl (C=O) groups is 1. The van der Waals surface area contributed by atoms with Crippen molar-refractivity contribution in [2.24, 2.45) is 16.8 Å². The summed E-state index contributed by atoms with van der Waals surface area (Å²) in [7, 11) is 3.52. The van der Waals surface area contributed by atoms with Gasteiger partial charge in [0.25, 0.3) is 0 Å². The van der Waals surface area contributed by atoms with Crippen LogP contribution in [-0.2, 0) is 9.53 Å². The molecule has 0 aromatic heterocycles. The van der Waals surface area contributed by atoms with Crippen molar-refractivity contribution in [2.75, 3.05) is 53.5 Å². The van der Waals surface area contributed by atoms with Gasteiger partial charge in [0.2, 0.25) is 5.91 Å². The number of likely N-dealkylation sites (tertiary alicyclic amines) is 1. The molecule has 2 fully saturated rings. The Kier molecular flexibility index (Phi) is 7.50. The second kappa shape index (κ2) is 9.38. The van der Waals surface area contributed by atoms with Gasteiger partial charge in [-0.25, -0.2) is 4.99 Å². The molecule has 144 valence electrons. The highest BCUT2D eigenvalue weighted by Crippen LogP contribution is 2.18. The Hall–Kier alpha value is -1.34. The van der Waals surface area contributed by atoms with Gasteiger partial charge < -0.3 is 20.3 Å². The monoisotopic (exact) mass is 353 g/mol. The SMILES string of the molecule is CC1CN(C(C)C)CC1NC(=NCC(=O)N(C)C)NCC1CCOC1. The van der Waals surface area contributed by atoms with Crippen LogP contribution in [0.2, 0.25) is 0 Å². The molecule has 2 saturated heterocycles. The minimum absolute atomic E-state index is 0.00794. The first-order valence-electron chi connectivity index (χ1n) is 9.43. The van der Waals surface area contributed by atoms with E-state index in [0.29, 0.717) is 23.9 Å². The Morgan fingerprint density at radius 1 is 1.36 bits per heavy atom. The Labute approximate surface area is 152 Å². The summed E-state index contributed by atoms with van der Waals surface area (Å²) in [6.07, 6.45) is 1.08. The van der Waals surface area contributed by atoms with Crippen LogP contribution >= 0.6 is 0 Å². The van der Waals surface area contributed by atoms with Crippen LogP contribution in [0.4, 0.5) is 0 Å². The molecule has 0 spiro atoms. The highest BCUT2D eigenvalue weighted by atomic mass is 16.5. The molecular weight excluding hydrogens is 318 g/mol. The Morgan fingerprint density at radius 3 is 2.68 bits per heavy atom. The molecule has 2 aliphatic rings. The van der Waals surface area contributed by atoms with Gasteiger partial charge >= 0.3 is 0 Å². The van der Waals surface area contributed by atoms with Crippen LogP contribution in [0.3, 0.4) is 0 Å². The lowest BCUT2D eigenvalue weighted by molar-refractivity contribution is -0.127. The van der Waals surface area contributed by atoms with Crippen molar-refractivity contribution in [1.82, 2.24) is 20.4 Å². The molecule has 0 saturated carbocycles. The summed E-state index contributed by atoms with van der Waals surface area (Å²) in [4.78, 5) is 20.5. The minimum atomic E-state index is 0.00794. The molecule has 3 unspecified atom stereocenters. The summed E-state index contributed by atoms with van der Waals surface area (Å²) in [5.41, 5.74) is 0. The number of aliphatic imine (C=N–C) groups is 1. The van der Waals surface area contributed by atoms with E-state index in [0.717, 1.165) is 45.2 Å². The number of ether oxygens (including phenoxy) is 1. The maximum Gasteiger partial charge on any atom is 0.243 e. The van der Waals surface area contributed by atoms with Crippen LogP contribution in [0, 0.1) is 11.8 Å². The number of likely N-dealkylation sites (N-methyl/N-ethyl adjacent to an activating group) is 1. The third-order valence-electron chi connectivity index (χ3n) is 5.15. The molecule has 25 heavy (non-hydrogen) atoms. The van der Waals surface area contributed by atoms with Crippen molar-refractivity contribution < 1.29 is 9.53 Å². The van der Waals surface area contributed by atoms with E-state index in [1.807, 2.05) is 0 Å². The lowest BCUT2D eigenvalue weighted by Gasteiger charge is -2.23. The zero-order chi connectivity index (χ0) is 18.4. The van der Waals surface area contributed by atoms with Crippen molar-refractivity contribution >= 4 is 11.9 Å². The number of guanidine groups is 1. The third kappa shape index (κ3) is 6.15. The number of rotatable bonds is 6. The molecule has 0 aromatic rings. The molecule has 0 bridgehead atoms. The maximum atomic E-state index is 11.9. The van der Waals surface area contributed by atoms with Crippen LogP contribution < -0.4 is 10.6 Å². The fraction of sp³-hybridized carbons (Fsp3) is 0.889. The topological polar surface area (TPSA) is 69.2 Å². The summed E-state index contributed by atoms with van der Waals surface area (Å²) >= 11 is 0. The van der Waals surface area contributed by atoms with Gasteiger partial charge in [-0.3, -0.25) is 9.69 Å². The lowest BCUT2D eigenvalue weighted by atomic mass is 10.1. The standard InChI is InChI=1S/C18H35N5O2/c1-13(2)23-10-14(3)16(11-23)21-18(20-9-17(24)22(4)5)19-8-15-6-7-25-12-15/h13-16H,6-12H2,1-5H3,(H2,19,20,21). The molecule has 0 radical (unpaired) electrons. The van der Waals surface area contributed by atoms with E-state index in [-0.39, 0.29) is 12.5 Å². The highest BCUT2D eigenvalue weighted by molar-refractivity contribution is 5.85. The van der Waals surface area contributed by atoms with Gasteiger partial charge in [-0.05, 0) is 26.2 Å². The average molecular weight is 354 g/mol. The fourth-order valence-electron chi connectivity index (χ4n) is 3.22. The average Bonchev–Trinajstić information content (AvgIpc) is 3.19. The number of hydrogen-bond donors (Lipinski definition) is 2. The molecule has 2 heterocycles. The summed E-state index contributed by atoms with van der Waals surface area (Å²) in [6, 6.07) is 0.900. The summed E-state index contributed by atoms with van der Waals surface area (Å²) in [6.45, 7) is 11.5. The normalized spacial score (nSPS) is 27.8. The summed E-state index contributed by atoms with van der Waals surface area (Å²) in [5.74, 6) is 1.82. The Bertz CT molecular complexity index is 460. The van der Waals surface area contributed by atoms with Gasteiger partial charge in [-0.15, -0.1) is 0 Å². The van der Waals surface area contributed by atoms with E-state index in [2.05, 4.69) is 41.3 Å². The molecular formula is C18H35N5O2. The van der Waals surface area contributed by atoms with E-state index in [1.165, 1.54) is 0 Å². The van der Waals surface area contributed by atoms with Gasteiger partial charge in [0, 0.05) is 58.3 Å². The number of carbonyl (C=O) groups excluding carboxylic acids is 1. The minimum Gasteiger partial charge on any atom is -0.381 e. The van der Waals surface area contributed by atoms with Crippen LogP contribution in [-0.4, -0.2) is 87.2 Å². The second-order valence-corrected chi connectivity index (χ2v) is 7.84. The zero-order valence-corrected chi connectivity index (χ0v) is 16.4. The van der Waals surface area contributed by atoms with E-state index in [1.54, 1.807) is 19.0 Å². The first kappa shape index (κ1) is 20.0. The van der Waals surface area contributed by atoms with Crippen LogP contribution in [0.1, 0.15) is 27.2 Å². The lowest BCUT2D eigenvalue weighted by Crippen LogP contribution is -2.48. The van der Waals surface area contributed by atoms with E-state index >= 15 is 0 Å². The molecule has 2 N–H and O–H groups in total. The molecule has 7 heteroatoms. The van der Waals surface area contributed by atoms with Gasteiger partial charge in [-0.1, -0.05) is 6.92 Å². The van der Waals surface area contributed by atoms with Crippen molar-refractivity contribution in [1.29, 1.82) is 0 Å². The van der Waals surface area contributed by atoms with E-state index in [4.69, 9.17) is 4.74 Å². The van der Waals surface area contributed by atoms with Crippen LogP contribution in [0.5, 0.6) is 0 Å². The predicted molar refractivity (Wildman–Crippen MR) is 101 cm³/mol. The van der Waals surface area contributed by atoms with Gasteiger partial charge in [0.05, 0.1) is 6.61 Å². The number of amides is 1. The molecule has 2 aliphatic heterocycles. The van der Waals surface area contributed by atoms with Crippen LogP contribution in [0.15, 0.2) is 4.99 Å². The zero-order valence-electron chi connectivity index (χ0n) is 16.4. The largest absolute Gasteiger partial charge is 0.381 e. The van der Waals surface area contributed by atoms with E-state index in [9.17, 15) is 4.79 Å². The van der Waals surface area contributed by atoms with Gasteiger partial charge in [0.15, 0.2) is 5.96 Å². The van der Waals surface area contributed by atoms with Gasteiger partial charge in [-0.2, -0.15) is 0 Å². The summed E-state index contributed by atoms with van der Waals surface area (Å²) < 4.78 is 5.44. The number of hydrogen-bond acceptors (Lipinski definition) is 4. The molecule has 1 amide bonds. The quantitative estimate of drug-likeness (QED) is 0.534. The van der Waals surface area contributed by atoms with Crippen molar-refractivity contribution in [3.8, 4) is 0 Å². The maximum absolute atomic E-state index is 11.9. The molecule has 0 aliphatic carbocycles. The predicted octanol–water partition coefficient (Wildman–Crippen LogP) is 0.375. The van der Waals surface area contributed by atoms with Crippen molar-refractivity contribution in [2.45, 2.75) is 39.3 Å². The third-order valence-corrected chi connectivity index (χ3v) is 5.15. The number of nitrogens with zero attached hydrogens (tertiary/aromatic N) is 3. The van der Waals surface area contributed by atoms with Crippen molar-refractivity contribution in [3.05, 3.63) is 0 Å². The highest BCUT2D eigenvalue weighted by Gasteiger charge is 2.31. The second-order valence-electron chi connectivity index (χ2n) is 7.84. The summed E-state index contributed by atoms with van der Waals surface area (Å²) in [5, 5.41) is 6.97. The van der Waals surface area contributed by atoms with Crippen molar-refractivity contribution in [3.63, 3.8) is 0 Å². The molecule has 7 nitrogen and oxygen atoms in total. The fourth-order valence-corrected chi connectivity index (χ4v) is 3.22. The molecule has 2 rings (SSSR count). The first-order chi connectivity index (χ1) is 11.9. The Morgan fingerprint density at radius 2 is 2.12 bits per heavy atom. The molecule has 0 aromatic carbocycles. The van der Waals surface area contributed by atoms with E-state index < -0.39 is 0 Å². The molecule has 3 atom stereocenters. The Balaban J connectivity index is 1.95. The van der Waals surface area contributed by atoms with Gasteiger partial charge in [0.1, 0.15) is 6.54 Å².